The molecule has 0 saturated carbocycles. The molecule has 6 saturated heterocycles. The van der Waals surface area contributed by atoms with Gasteiger partial charge in [0.2, 0.25) is 0 Å². The van der Waals surface area contributed by atoms with Crippen molar-refractivity contribution in [2.24, 2.45) is 35.5 Å². The number of carbonyl (C=O) groups excluding carboxylic acids is 2. The van der Waals surface area contributed by atoms with Crippen LogP contribution in [0.3, 0.4) is 0 Å². The van der Waals surface area contributed by atoms with Gasteiger partial charge in [-0.25, -0.2) is 0 Å². The minimum Gasteiger partial charge on any atom is -0.393 e. The van der Waals surface area contributed by atoms with Gasteiger partial charge in [-0.3, -0.25) is 9.59 Å². The predicted octanol–water partition coefficient (Wildman–Crippen LogP) is -0.334. The van der Waals surface area contributed by atoms with E-state index in [0.717, 1.165) is 0 Å². The summed E-state index contributed by atoms with van der Waals surface area (Å²) >= 11 is 0. The Bertz CT molecular complexity index is 620. The van der Waals surface area contributed by atoms with E-state index in [1.165, 1.54) is 0 Å². The van der Waals surface area contributed by atoms with E-state index in [9.17, 15) is 9.59 Å². The summed E-state index contributed by atoms with van der Waals surface area (Å²) in [7, 11) is 0. The number of esters is 2. The Balaban J connectivity index is 1.35. The van der Waals surface area contributed by atoms with Crippen molar-refractivity contribution in [3.63, 3.8) is 0 Å². The van der Waals surface area contributed by atoms with Crippen LogP contribution in [0.5, 0.6) is 0 Å². The maximum atomic E-state index is 12.0. The minimum absolute atomic E-state index is 0.0967. The van der Waals surface area contributed by atoms with E-state index < -0.39 is 23.8 Å². The molecule has 12 atom stereocenters. The topological polar surface area (TPSA) is 71.1 Å². The molecule has 0 aromatic carbocycles. The first-order valence-corrected chi connectivity index (χ1v) is 8.14. The summed E-state index contributed by atoms with van der Waals surface area (Å²) in [5, 5.41) is 0. The number of hydrogen-bond donors (Lipinski definition) is 0. The largest absolute Gasteiger partial charge is 0.393 e. The number of ether oxygens (including phenoxy) is 4. The van der Waals surface area contributed by atoms with Crippen molar-refractivity contribution < 1.29 is 28.5 Å². The Hall–Kier alpha value is -1.24. The van der Waals surface area contributed by atoms with Crippen LogP contribution < -0.4 is 0 Å². The number of cyclic esters (lactones) is 2. The first kappa shape index (κ1) is 11.3. The Morgan fingerprint density at radius 3 is 1.68 bits per heavy atom. The quantitative estimate of drug-likeness (QED) is 0.346. The highest BCUT2D eigenvalue weighted by molar-refractivity contribution is 5.98. The molecule has 0 aromatic heterocycles. The Morgan fingerprint density at radius 2 is 1.14 bits per heavy atom. The Labute approximate surface area is 125 Å². The molecule has 6 bridgehead atoms. The van der Waals surface area contributed by atoms with E-state index in [0.29, 0.717) is 11.8 Å². The van der Waals surface area contributed by atoms with E-state index in [2.05, 4.69) is 12.2 Å². The van der Waals surface area contributed by atoms with Crippen LogP contribution in [-0.4, -0.2) is 48.6 Å². The molecule has 0 aromatic rings. The third-order valence-electron chi connectivity index (χ3n) is 7.20. The van der Waals surface area contributed by atoms with Gasteiger partial charge in [0.25, 0.3) is 0 Å². The molecular formula is C16H14O6. The highest BCUT2D eigenvalue weighted by Gasteiger charge is 2.79. The number of hydrogen-bond acceptors (Lipinski definition) is 6. The van der Waals surface area contributed by atoms with Gasteiger partial charge in [-0.05, 0) is 0 Å². The summed E-state index contributed by atoms with van der Waals surface area (Å²) < 4.78 is 23.4. The Kier molecular flexibility index (Phi) is 1.64. The molecule has 22 heavy (non-hydrogen) atoms. The molecule has 0 N–H and O–H groups in total. The lowest BCUT2D eigenvalue weighted by atomic mass is 9.57. The highest BCUT2D eigenvalue weighted by Crippen LogP contribution is 2.67. The summed E-state index contributed by atoms with van der Waals surface area (Å²) in [6.07, 6.45) is 4.37. The Morgan fingerprint density at radius 1 is 0.636 bits per heavy atom. The van der Waals surface area contributed by atoms with E-state index in [-0.39, 0.29) is 48.5 Å². The lowest BCUT2D eigenvalue weighted by Crippen LogP contribution is -2.52. The zero-order valence-electron chi connectivity index (χ0n) is 11.5. The number of fused-ring (bicyclic) bond motifs is 19. The summed E-state index contributed by atoms with van der Waals surface area (Å²) in [4.78, 5) is 24.0. The maximum absolute atomic E-state index is 12.0. The average molecular weight is 302 g/mol. The number of rotatable bonds is 0. The summed E-state index contributed by atoms with van der Waals surface area (Å²) in [5.74, 6) is -0.412. The molecule has 6 fully saturated rings. The van der Waals surface area contributed by atoms with Gasteiger partial charge < -0.3 is 18.9 Å². The first-order valence-electron chi connectivity index (χ1n) is 8.14. The molecule has 6 nitrogen and oxygen atoms in total. The number of carbonyl (C=O) groups is 2. The maximum Gasteiger partial charge on any atom is 0.320 e. The van der Waals surface area contributed by atoms with Crippen molar-refractivity contribution in [2.75, 3.05) is 0 Å². The molecule has 0 amide bonds. The van der Waals surface area contributed by atoms with Gasteiger partial charge >= 0.3 is 11.9 Å². The standard InChI is InChI=1S/C16H14O6/c17-15-9-10(16(18)22-15)14-8-7(13(9)21-14)11-5-3-1-2-4(19-3)6(5)12(8)20-11/h1-14H. The normalized spacial score (nSPS) is 67.8. The van der Waals surface area contributed by atoms with Crippen LogP contribution in [0.25, 0.3) is 0 Å². The molecule has 0 aliphatic carbocycles. The van der Waals surface area contributed by atoms with Gasteiger partial charge in [-0.15, -0.1) is 0 Å². The fraction of sp³-hybridized carbons (Fsp3) is 0.750. The van der Waals surface area contributed by atoms with E-state index in [1.54, 1.807) is 0 Å². The van der Waals surface area contributed by atoms with Crippen LogP contribution in [0, 0.1) is 35.5 Å². The smallest absolute Gasteiger partial charge is 0.320 e. The molecule has 114 valence electrons. The fourth-order valence-corrected chi connectivity index (χ4v) is 6.70. The summed E-state index contributed by atoms with van der Waals surface area (Å²) in [6.45, 7) is 0. The molecule has 0 spiro atoms. The molecule has 7 heterocycles. The lowest BCUT2D eigenvalue weighted by molar-refractivity contribution is -0.157. The summed E-state index contributed by atoms with van der Waals surface area (Å²) in [5.41, 5.74) is 0. The molecule has 7 rings (SSSR count). The molecule has 7 aliphatic heterocycles. The fourth-order valence-electron chi connectivity index (χ4n) is 6.70. The van der Waals surface area contributed by atoms with Gasteiger partial charge in [-0.2, -0.15) is 0 Å². The zero-order chi connectivity index (χ0) is 14.3. The second-order valence-electron chi connectivity index (χ2n) is 7.68. The van der Waals surface area contributed by atoms with Crippen molar-refractivity contribution in [3.05, 3.63) is 12.2 Å². The van der Waals surface area contributed by atoms with Crippen molar-refractivity contribution in [3.8, 4) is 0 Å². The van der Waals surface area contributed by atoms with Gasteiger partial charge in [0.1, 0.15) is 0 Å². The van der Waals surface area contributed by atoms with Gasteiger partial charge in [-0.1, -0.05) is 12.2 Å². The van der Waals surface area contributed by atoms with Crippen LogP contribution in [0.4, 0.5) is 0 Å². The van der Waals surface area contributed by atoms with Gasteiger partial charge in [0.05, 0.1) is 48.5 Å². The van der Waals surface area contributed by atoms with Crippen molar-refractivity contribution >= 4 is 11.9 Å². The van der Waals surface area contributed by atoms with Crippen molar-refractivity contribution in [2.45, 2.75) is 36.6 Å². The van der Waals surface area contributed by atoms with E-state index in [4.69, 9.17) is 18.9 Å². The van der Waals surface area contributed by atoms with E-state index in [1.807, 2.05) is 0 Å². The van der Waals surface area contributed by atoms with Gasteiger partial charge in [0, 0.05) is 23.7 Å². The van der Waals surface area contributed by atoms with Crippen LogP contribution in [-0.2, 0) is 28.5 Å². The molecule has 7 aliphatic rings. The molecular weight excluding hydrogens is 288 g/mol. The van der Waals surface area contributed by atoms with Crippen molar-refractivity contribution in [1.82, 2.24) is 0 Å². The van der Waals surface area contributed by atoms with Crippen molar-refractivity contribution in [1.29, 1.82) is 0 Å². The SMILES string of the molecule is O=C1OC(=O)C2C3OC(C12)C1C2OC(C4C5C=CC(O5)C24)C31. The average Bonchev–Trinajstić information content (AvgIpc) is 3.31. The van der Waals surface area contributed by atoms with Crippen LogP contribution in [0.2, 0.25) is 0 Å². The second-order valence-corrected chi connectivity index (χ2v) is 7.68. The van der Waals surface area contributed by atoms with Gasteiger partial charge in [0.15, 0.2) is 0 Å². The third-order valence-corrected chi connectivity index (χ3v) is 7.20. The van der Waals surface area contributed by atoms with Crippen LogP contribution in [0.15, 0.2) is 12.2 Å². The molecule has 0 radical (unpaired) electrons. The molecule has 6 heteroatoms. The second kappa shape index (κ2) is 3.18. The zero-order valence-corrected chi connectivity index (χ0v) is 11.5. The summed E-state index contributed by atoms with van der Waals surface area (Å²) in [6, 6.07) is 0. The highest BCUT2D eigenvalue weighted by atomic mass is 16.6. The first-order chi connectivity index (χ1) is 10.7. The molecule has 12 unspecified atom stereocenters. The van der Waals surface area contributed by atoms with E-state index >= 15 is 0 Å². The lowest BCUT2D eigenvalue weighted by Gasteiger charge is -2.39. The van der Waals surface area contributed by atoms with Crippen LogP contribution in [0.1, 0.15) is 0 Å². The monoisotopic (exact) mass is 302 g/mol. The van der Waals surface area contributed by atoms with Crippen LogP contribution >= 0.6 is 0 Å². The predicted molar refractivity (Wildman–Crippen MR) is 67.2 cm³/mol. The minimum atomic E-state index is -0.407. The third kappa shape index (κ3) is 0.930.